The van der Waals surface area contributed by atoms with Crippen LogP contribution < -0.4 is 5.43 Å². The molecule has 31 heavy (non-hydrogen) atoms. The largest absolute Gasteiger partial charge is 0.465 e. The minimum atomic E-state index is -0.604. The van der Waals surface area contributed by atoms with Crippen LogP contribution in [-0.2, 0) is 9.47 Å². The fraction of sp³-hybridized carbons (Fsp3) is 0.292. The Morgan fingerprint density at radius 3 is 2.52 bits per heavy atom. The summed E-state index contributed by atoms with van der Waals surface area (Å²) in [6.07, 6.45) is 0.611. The predicted octanol–water partition coefficient (Wildman–Crippen LogP) is 3.47. The number of ether oxygens (including phenoxy) is 2. The Labute approximate surface area is 179 Å². The molecule has 0 saturated heterocycles. The molecule has 1 aromatic heterocycles. The number of carbonyl (C=O) groups excluding carboxylic acids is 2. The number of methoxy groups -OCH3 is 2. The summed E-state index contributed by atoms with van der Waals surface area (Å²) < 4.78 is 15.8. The van der Waals surface area contributed by atoms with Gasteiger partial charge in [0.2, 0.25) is 5.76 Å². The number of rotatable bonds is 6. The first-order valence-electron chi connectivity index (χ1n) is 10.0. The van der Waals surface area contributed by atoms with E-state index in [0.29, 0.717) is 41.7 Å². The average molecular weight is 421 g/mol. The molecule has 160 valence electrons. The molecule has 0 aliphatic carbocycles. The molecule has 2 heterocycles. The molecule has 0 bridgehead atoms. The maximum Gasteiger partial charge on any atom is 0.337 e. The second-order valence-corrected chi connectivity index (χ2v) is 7.53. The number of amides is 1. The van der Waals surface area contributed by atoms with Crippen LogP contribution in [0.1, 0.15) is 50.1 Å². The van der Waals surface area contributed by atoms with Crippen molar-refractivity contribution in [1.29, 1.82) is 0 Å². The maximum absolute atomic E-state index is 13.5. The topological polar surface area (TPSA) is 86.0 Å². The lowest BCUT2D eigenvalue weighted by molar-refractivity contribution is 0.0599. The van der Waals surface area contributed by atoms with Crippen LogP contribution in [0.2, 0.25) is 0 Å². The van der Waals surface area contributed by atoms with Gasteiger partial charge in [0.15, 0.2) is 5.43 Å². The van der Waals surface area contributed by atoms with Gasteiger partial charge in [-0.05, 0) is 43.2 Å². The fourth-order valence-corrected chi connectivity index (χ4v) is 4.01. The summed E-state index contributed by atoms with van der Waals surface area (Å²) >= 11 is 0. The van der Waals surface area contributed by atoms with E-state index in [2.05, 4.69) is 0 Å². The summed E-state index contributed by atoms with van der Waals surface area (Å²) in [5.41, 5.74) is 2.54. The second-order valence-electron chi connectivity index (χ2n) is 7.53. The van der Waals surface area contributed by atoms with Gasteiger partial charge < -0.3 is 18.8 Å². The Kier molecular flexibility index (Phi) is 5.61. The van der Waals surface area contributed by atoms with Crippen LogP contribution in [0.25, 0.3) is 11.0 Å². The van der Waals surface area contributed by atoms with Crippen molar-refractivity contribution in [2.75, 3.05) is 27.4 Å². The van der Waals surface area contributed by atoms with Crippen molar-refractivity contribution in [1.82, 2.24) is 4.90 Å². The van der Waals surface area contributed by atoms with Gasteiger partial charge in [-0.15, -0.1) is 0 Å². The maximum atomic E-state index is 13.5. The van der Waals surface area contributed by atoms with Crippen molar-refractivity contribution < 1.29 is 23.5 Å². The molecule has 0 saturated carbocycles. The zero-order valence-corrected chi connectivity index (χ0v) is 17.6. The van der Waals surface area contributed by atoms with Crippen LogP contribution in [0.3, 0.4) is 0 Å². The quantitative estimate of drug-likeness (QED) is 0.448. The van der Waals surface area contributed by atoms with Crippen molar-refractivity contribution in [2.45, 2.75) is 19.4 Å². The Morgan fingerprint density at radius 2 is 1.84 bits per heavy atom. The van der Waals surface area contributed by atoms with Crippen LogP contribution in [-0.4, -0.2) is 44.1 Å². The molecule has 0 spiro atoms. The van der Waals surface area contributed by atoms with Crippen LogP contribution in [0, 0.1) is 6.92 Å². The number of nitrogens with zero attached hydrogens (tertiary/aromatic N) is 1. The van der Waals surface area contributed by atoms with Crippen LogP contribution in [0.15, 0.2) is 51.7 Å². The number of hydrogen-bond acceptors (Lipinski definition) is 6. The molecule has 1 atom stereocenters. The first-order valence-corrected chi connectivity index (χ1v) is 10.0. The SMILES string of the molecule is COCCCN1C(=O)c2oc3ccc(C)cc3c(=O)c2C1c1ccc(C(=O)OC)cc1. The average Bonchev–Trinajstić information content (AvgIpc) is 3.06. The summed E-state index contributed by atoms with van der Waals surface area (Å²) in [7, 11) is 2.92. The van der Waals surface area contributed by atoms with E-state index in [1.807, 2.05) is 13.0 Å². The Bertz CT molecular complexity index is 1210. The molecule has 4 rings (SSSR count). The zero-order valence-electron chi connectivity index (χ0n) is 17.6. The molecule has 2 aromatic carbocycles. The number of hydrogen-bond donors (Lipinski definition) is 0. The lowest BCUT2D eigenvalue weighted by Crippen LogP contribution is -2.31. The Morgan fingerprint density at radius 1 is 1.10 bits per heavy atom. The minimum Gasteiger partial charge on any atom is -0.465 e. The fourth-order valence-electron chi connectivity index (χ4n) is 4.01. The molecule has 1 amide bonds. The molecule has 1 aliphatic heterocycles. The van der Waals surface area contributed by atoms with Gasteiger partial charge in [-0.25, -0.2) is 4.79 Å². The van der Waals surface area contributed by atoms with Crippen molar-refractivity contribution in [3.05, 3.63) is 80.7 Å². The van der Waals surface area contributed by atoms with Gasteiger partial charge in [-0.1, -0.05) is 23.8 Å². The Balaban J connectivity index is 1.87. The van der Waals surface area contributed by atoms with E-state index in [1.54, 1.807) is 48.4 Å². The van der Waals surface area contributed by atoms with Gasteiger partial charge in [0.25, 0.3) is 5.91 Å². The molecular formula is C24H23NO6. The van der Waals surface area contributed by atoms with E-state index in [9.17, 15) is 14.4 Å². The first kappa shape index (κ1) is 20.8. The number of fused-ring (bicyclic) bond motifs is 2. The van der Waals surface area contributed by atoms with Gasteiger partial charge >= 0.3 is 5.97 Å². The highest BCUT2D eigenvalue weighted by Gasteiger charge is 2.42. The van der Waals surface area contributed by atoms with Crippen molar-refractivity contribution in [3.8, 4) is 0 Å². The third-order valence-corrected chi connectivity index (χ3v) is 5.52. The van der Waals surface area contributed by atoms with Crippen LogP contribution in [0.5, 0.6) is 0 Å². The monoisotopic (exact) mass is 421 g/mol. The van der Waals surface area contributed by atoms with E-state index in [0.717, 1.165) is 11.1 Å². The van der Waals surface area contributed by atoms with Gasteiger partial charge in [0.05, 0.1) is 29.7 Å². The van der Waals surface area contributed by atoms with Crippen molar-refractivity contribution in [2.24, 2.45) is 0 Å². The molecule has 3 aromatic rings. The number of benzene rings is 2. The summed E-state index contributed by atoms with van der Waals surface area (Å²) in [4.78, 5) is 40.1. The summed E-state index contributed by atoms with van der Waals surface area (Å²) in [5.74, 6) is -0.707. The van der Waals surface area contributed by atoms with Gasteiger partial charge in [0.1, 0.15) is 5.58 Å². The Hall–Kier alpha value is -3.45. The molecule has 0 radical (unpaired) electrons. The predicted molar refractivity (Wildman–Crippen MR) is 114 cm³/mol. The first-order chi connectivity index (χ1) is 15.0. The van der Waals surface area contributed by atoms with E-state index >= 15 is 0 Å². The van der Waals surface area contributed by atoms with Crippen LogP contribution in [0.4, 0.5) is 0 Å². The van der Waals surface area contributed by atoms with Crippen LogP contribution >= 0.6 is 0 Å². The second kappa shape index (κ2) is 8.35. The van der Waals surface area contributed by atoms with E-state index in [-0.39, 0.29) is 17.1 Å². The normalized spacial score (nSPS) is 15.4. The summed E-state index contributed by atoms with van der Waals surface area (Å²) in [6, 6.07) is 11.5. The molecule has 0 fully saturated rings. The third kappa shape index (κ3) is 3.61. The highest BCUT2D eigenvalue weighted by atomic mass is 16.5. The van der Waals surface area contributed by atoms with Gasteiger partial charge in [-0.2, -0.15) is 0 Å². The standard InChI is InChI=1S/C24H23NO6/c1-14-5-10-18-17(13-14)21(26)19-20(15-6-8-16(9-7-15)24(28)30-3)25(11-4-12-29-2)23(27)22(19)31-18/h5-10,13,20H,4,11-12H2,1-3H3. The van der Waals surface area contributed by atoms with E-state index in [4.69, 9.17) is 13.9 Å². The molecule has 7 nitrogen and oxygen atoms in total. The van der Waals surface area contributed by atoms with Gasteiger partial charge in [0, 0.05) is 20.3 Å². The molecule has 1 unspecified atom stereocenters. The van der Waals surface area contributed by atoms with E-state index in [1.165, 1.54) is 7.11 Å². The summed E-state index contributed by atoms with van der Waals surface area (Å²) in [5, 5.41) is 0.446. The van der Waals surface area contributed by atoms with E-state index < -0.39 is 12.0 Å². The molecule has 0 N–H and O–H groups in total. The lowest BCUT2D eigenvalue weighted by Gasteiger charge is -2.25. The third-order valence-electron chi connectivity index (χ3n) is 5.52. The van der Waals surface area contributed by atoms with Crippen molar-refractivity contribution in [3.63, 3.8) is 0 Å². The number of esters is 1. The number of carbonyl (C=O) groups is 2. The van der Waals surface area contributed by atoms with Gasteiger partial charge in [-0.3, -0.25) is 9.59 Å². The highest BCUT2D eigenvalue weighted by Crippen LogP contribution is 2.38. The van der Waals surface area contributed by atoms with Crippen molar-refractivity contribution >= 4 is 22.8 Å². The minimum absolute atomic E-state index is 0.0702. The smallest absolute Gasteiger partial charge is 0.337 e. The number of aryl methyl sites for hydroxylation is 1. The highest BCUT2D eigenvalue weighted by molar-refractivity contribution is 5.99. The zero-order chi connectivity index (χ0) is 22.1. The molecule has 1 aliphatic rings. The molecular weight excluding hydrogens is 398 g/mol. The lowest BCUT2D eigenvalue weighted by atomic mass is 9.97. The molecule has 7 heteroatoms. The summed E-state index contributed by atoms with van der Waals surface area (Å²) in [6.45, 7) is 2.78.